The molecule has 0 amide bonds. The maximum Gasteiger partial charge on any atom is 0.166 e. The Labute approximate surface area is 98.6 Å². The van der Waals surface area contributed by atoms with Gasteiger partial charge in [0.05, 0.1) is 6.61 Å². The highest BCUT2D eigenvalue weighted by Gasteiger charge is 2.22. The van der Waals surface area contributed by atoms with Gasteiger partial charge in [0, 0.05) is 41.6 Å². The van der Waals surface area contributed by atoms with Crippen LogP contribution < -0.4 is 5.73 Å². The molecule has 0 radical (unpaired) electrons. The van der Waals surface area contributed by atoms with Crippen LogP contribution in [0.1, 0.15) is 5.56 Å². The zero-order chi connectivity index (χ0) is 11.4. The molecule has 1 aromatic heterocycles. The molecular formula is C11H14N2O2S. The topological polar surface area (TPSA) is 65.2 Å². The second kappa shape index (κ2) is 5.32. The summed E-state index contributed by atoms with van der Waals surface area (Å²) in [6, 6.07) is 1.71. The van der Waals surface area contributed by atoms with Gasteiger partial charge in [-0.05, 0) is 6.07 Å². The molecule has 0 spiro atoms. The van der Waals surface area contributed by atoms with E-state index in [1.54, 1.807) is 30.2 Å². The summed E-state index contributed by atoms with van der Waals surface area (Å²) < 4.78 is 5.42. The molecule has 2 rings (SSSR count). The average molecular weight is 238 g/mol. The second-order valence-corrected chi connectivity index (χ2v) is 4.80. The van der Waals surface area contributed by atoms with Crippen molar-refractivity contribution in [2.75, 3.05) is 23.8 Å². The van der Waals surface area contributed by atoms with E-state index >= 15 is 0 Å². The number of rotatable bonds is 3. The number of pyridine rings is 1. The van der Waals surface area contributed by atoms with Crippen molar-refractivity contribution in [1.82, 2.24) is 4.98 Å². The molecule has 0 aromatic carbocycles. The number of thioether (sulfide) groups is 1. The van der Waals surface area contributed by atoms with Gasteiger partial charge in [-0.25, -0.2) is 0 Å². The predicted molar refractivity (Wildman–Crippen MR) is 64.4 cm³/mol. The van der Waals surface area contributed by atoms with Crippen LogP contribution in [0.15, 0.2) is 18.5 Å². The van der Waals surface area contributed by atoms with Crippen molar-refractivity contribution in [1.29, 1.82) is 0 Å². The molecule has 1 aliphatic heterocycles. The molecule has 1 atom stereocenters. The van der Waals surface area contributed by atoms with Crippen molar-refractivity contribution in [2.24, 2.45) is 0 Å². The first-order valence-corrected chi connectivity index (χ1v) is 6.33. The Morgan fingerprint density at radius 3 is 3.25 bits per heavy atom. The summed E-state index contributed by atoms with van der Waals surface area (Å²) in [5.41, 5.74) is 7.16. The van der Waals surface area contributed by atoms with Gasteiger partial charge < -0.3 is 10.5 Å². The van der Waals surface area contributed by atoms with Gasteiger partial charge in [0.1, 0.15) is 6.10 Å². The Hall–Kier alpha value is -1.07. The number of ketones is 1. The first-order chi connectivity index (χ1) is 7.77. The van der Waals surface area contributed by atoms with Gasteiger partial charge in [-0.2, -0.15) is 11.8 Å². The lowest BCUT2D eigenvalue weighted by Gasteiger charge is -2.21. The molecule has 2 heterocycles. The quantitative estimate of drug-likeness (QED) is 0.847. The van der Waals surface area contributed by atoms with Crippen LogP contribution in [-0.2, 0) is 16.0 Å². The fourth-order valence-electron chi connectivity index (χ4n) is 1.56. The SMILES string of the molecule is Nc1ccncc1CC(=O)C1CSCCO1. The predicted octanol–water partition coefficient (Wildman–Crippen LogP) is 0.907. The Morgan fingerprint density at radius 2 is 2.56 bits per heavy atom. The molecule has 0 aliphatic carbocycles. The highest BCUT2D eigenvalue weighted by atomic mass is 32.2. The van der Waals surface area contributed by atoms with Crippen LogP contribution in [0, 0.1) is 0 Å². The number of hydrogen-bond donors (Lipinski definition) is 1. The van der Waals surface area contributed by atoms with Crippen LogP contribution in [0.2, 0.25) is 0 Å². The third-order valence-electron chi connectivity index (χ3n) is 2.48. The van der Waals surface area contributed by atoms with E-state index in [-0.39, 0.29) is 11.9 Å². The van der Waals surface area contributed by atoms with Gasteiger partial charge in [0.25, 0.3) is 0 Å². The summed E-state index contributed by atoms with van der Waals surface area (Å²) in [5, 5.41) is 0. The van der Waals surface area contributed by atoms with Crippen molar-refractivity contribution < 1.29 is 9.53 Å². The largest absolute Gasteiger partial charge is 0.398 e. The van der Waals surface area contributed by atoms with Crippen molar-refractivity contribution in [3.8, 4) is 0 Å². The molecule has 1 saturated heterocycles. The number of Topliss-reactive ketones (excluding diaryl/α,β-unsaturated/α-hetero) is 1. The van der Waals surface area contributed by atoms with Gasteiger partial charge in [-0.1, -0.05) is 0 Å². The summed E-state index contributed by atoms with van der Waals surface area (Å²) in [4.78, 5) is 15.9. The summed E-state index contributed by atoms with van der Waals surface area (Å²) in [6.45, 7) is 0.656. The number of anilines is 1. The van der Waals surface area contributed by atoms with Crippen LogP contribution in [0.4, 0.5) is 5.69 Å². The van der Waals surface area contributed by atoms with Gasteiger partial charge in [0.2, 0.25) is 0 Å². The zero-order valence-electron chi connectivity index (χ0n) is 8.89. The number of carbonyl (C=O) groups excluding carboxylic acids is 1. The molecule has 1 aliphatic rings. The van der Waals surface area contributed by atoms with Crippen molar-refractivity contribution in [3.05, 3.63) is 24.0 Å². The average Bonchev–Trinajstić information content (AvgIpc) is 2.33. The number of hydrogen-bond acceptors (Lipinski definition) is 5. The smallest absolute Gasteiger partial charge is 0.166 e. The van der Waals surface area contributed by atoms with E-state index in [9.17, 15) is 4.79 Å². The summed E-state index contributed by atoms with van der Waals surface area (Å²) in [7, 11) is 0. The van der Waals surface area contributed by atoms with Crippen molar-refractivity contribution >= 4 is 23.2 Å². The van der Waals surface area contributed by atoms with Gasteiger partial charge >= 0.3 is 0 Å². The van der Waals surface area contributed by atoms with E-state index in [4.69, 9.17) is 10.5 Å². The maximum atomic E-state index is 11.9. The zero-order valence-corrected chi connectivity index (χ0v) is 9.70. The minimum atomic E-state index is -0.279. The molecule has 1 aromatic rings. The fourth-order valence-corrected chi connectivity index (χ4v) is 2.44. The van der Waals surface area contributed by atoms with Crippen LogP contribution >= 0.6 is 11.8 Å². The van der Waals surface area contributed by atoms with E-state index < -0.39 is 0 Å². The van der Waals surface area contributed by atoms with E-state index in [2.05, 4.69) is 4.98 Å². The molecule has 1 fully saturated rings. The summed E-state index contributed by atoms with van der Waals surface area (Å²) in [5.74, 6) is 1.81. The lowest BCUT2D eigenvalue weighted by atomic mass is 10.1. The van der Waals surface area contributed by atoms with Gasteiger partial charge in [0.15, 0.2) is 5.78 Å². The van der Waals surface area contributed by atoms with E-state index in [0.29, 0.717) is 18.7 Å². The van der Waals surface area contributed by atoms with E-state index in [1.165, 1.54) is 0 Å². The molecule has 5 heteroatoms. The van der Waals surface area contributed by atoms with E-state index in [1.807, 2.05) is 0 Å². The number of nitrogen functional groups attached to an aromatic ring is 1. The van der Waals surface area contributed by atoms with Crippen LogP contribution in [0.25, 0.3) is 0 Å². The molecule has 4 nitrogen and oxygen atoms in total. The Balaban J connectivity index is 1.99. The number of nitrogens with two attached hydrogens (primary N) is 1. The highest BCUT2D eigenvalue weighted by Crippen LogP contribution is 2.17. The lowest BCUT2D eigenvalue weighted by molar-refractivity contribution is -0.128. The highest BCUT2D eigenvalue weighted by molar-refractivity contribution is 7.99. The van der Waals surface area contributed by atoms with Gasteiger partial charge in [-0.15, -0.1) is 0 Å². The minimum Gasteiger partial charge on any atom is -0.398 e. The summed E-state index contributed by atoms with van der Waals surface area (Å²) >= 11 is 1.75. The Kier molecular flexibility index (Phi) is 3.79. The Morgan fingerprint density at radius 1 is 1.69 bits per heavy atom. The first-order valence-electron chi connectivity index (χ1n) is 5.18. The first kappa shape index (κ1) is 11.4. The second-order valence-electron chi connectivity index (χ2n) is 3.65. The number of ether oxygens (including phenoxy) is 1. The Bertz CT molecular complexity index is 378. The van der Waals surface area contributed by atoms with Crippen molar-refractivity contribution in [3.63, 3.8) is 0 Å². The molecule has 0 bridgehead atoms. The van der Waals surface area contributed by atoms with Crippen LogP contribution in [0.3, 0.4) is 0 Å². The monoisotopic (exact) mass is 238 g/mol. The lowest BCUT2D eigenvalue weighted by Crippen LogP contribution is -2.32. The number of nitrogens with zero attached hydrogens (tertiary/aromatic N) is 1. The van der Waals surface area contributed by atoms with Gasteiger partial charge in [-0.3, -0.25) is 9.78 Å². The molecule has 86 valence electrons. The van der Waals surface area contributed by atoms with Crippen LogP contribution in [0.5, 0.6) is 0 Å². The molecular weight excluding hydrogens is 224 g/mol. The van der Waals surface area contributed by atoms with Crippen molar-refractivity contribution in [2.45, 2.75) is 12.5 Å². The van der Waals surface area contributed by atoms with E-state index in [0.717, 1.165) is 17.1 Å². The standard InChI is InChI=1S/C11H14N2O2S/c12-9-1-2-13-6-8(9)5-10(14)11-7-16-4-3-15-11/h1-2,6,11H,3-5,7H2,(H2,12,13). The molecule has 2 N–H and O–H groups in total. The third kappa shape index (κ3) is 2.74. The maximum absolute atomic E-state index is 11.9. The molecule has 1 unspecified atom stereocenters. The molecule has 0 saturated carbocycles. The van der Waals surface area contributed by atoms with Crippen LogP contribution in [-0.4, -0.2) is 35.0 Å². The number of aromatic nitrogens is 1. The summed E-state index contributed by atoms with van der Waals surface area (Å²) in [6.07, 6.45) is 3.29. The minimum absolute atomic E-state index is 0.0897. The third-order valence-corrected chi connectivity index (χ3v) is 3.47. The fraction of sp³-hybridized carbons (Fsp3) is 0.455. The molecule has 16 heavy (non-hydrogen) atoms. The number of carbonyl (C=O) groups is 1. The normalized spacial score (nSPS) is 20.6.